The van der Waals surface area contributed by atoms with Crippen molar-refractivity contribution in [1.82, 2.24) is 5.48 Å². The lowest BCUT2D eigenvalue weighted by atomic mass is 10.2. The van der Waals surface area contributed by atoms with Gasteiger partial charge in [0.1, 0.15) is 4.88 Å². The fourth-order valence-electron chi connectivity index (χ4n) is 0.748. The highest BCUT2D eigenvalue weighted by Crippen LogP contribution is 2.15. The molecular weight excluding hydrogens is 166 g/mol. The molecule has 0 bridgehead atoms. The number of thiophene rings is 1. The van der Waals surface area contributed by atoms with E-state index in [4.69, 9.17) is 10.3 Å². The summed E-state index contributed by atoms with van der Waals surface area (Å²) in [5.74, 6) is -0.953. The number of rotatable bonds is 3. The van der Waals surface area contributed by atoms with Gasteiger partial charge in [-0.1, -0.05) is 0 Å². The monoisotopic (exact) mass is 173 g/mol. The van der Waals surface area contributed by atoms with E-state index in [2.05, 4.69) is 0 Å². The Morgan fingerprint density at radius 1 is 1.73 bits per heavy atom. The maximum absolute atomic E-state index is 10.5. The van der Waals surface area contributed by atoms with Gasteiger partial charge in [-0.05, 0) is 17.0 Å². The normalized spacial score (nSPS) is 9.91. The molecule has 0 saturated heterocycles. The molecule has 0 unspecified atom stereocenters. The van der Waals surface area contributed by atoms with E-state index in [1.165, 1.54) is 0 Å². The lowest BCUT2D eigenvalue weighted by molar-refractivity contribution is 0.0700. The van der Waals surface area contributed by atoms with Crippen LogP contribution in [0.3, 0.4) is 0 Å². The highest BCUT2D eigenvalue weighted by atomic mass is 32.1. The second kappa shape index (κ2) is 3.47. The van der Waals surface area contributed by atoms with Crippen LogP contribution in [-0.4, -0.2) is 16.3 Å². The van der Waals surface area contributed by atoms with Crippen LogP contribution in [0.15, 0.2) is 11.4 Å². The smallest absolute Gasteiger partial charge is 0.346 e. The third kappa shape index (κ3) is 1.76. The summed E-state index contributed by atoms with van der Waals surface area (Å²) in [4.78, 5) is 10.7. The van der Waals surface area contributed by atoms with E-state index in [9.17, 15) is 4.79 Å². The molecule has 0 fully saturated rings. The minimum absolute atomic E-state index is 0.172. The van der Waals surface area contributed by atoms with Crippen molar-refractivity contribution in [2.45, 2.75) is 6.54 Å². The van der Waals surface area contributed by atoms with Gasteiger partial charge in [0.2, 0.25) is 0 Å². The van der Waals surface area contributed by atoms with Crippen LogP contribution < -0.4 is 5.48 Å². The SMILES string of the molecule is O=C(O)c1sccc1CNO. The Kier molecular flexibility index (Phi) is 2.58. The molecule has 1 rings (SSSR count). The summed E-state index contributed by atoms with van der Waals surface area (Å²) in [5, 5.41) is 18.6. The van der Waals surface area contributed by atoms with Gasteiger partial charge >= 0.3 is 5.97 Å². The predicted octanol–water partition coefficient (Wildman–Crippen LogP) is 0.925. The van der Waals surface area contributed by atoms with Crippen LogP contribution in [0.4, 0.5) is 0 Å². The zero-order valence-corrected chi connectivity index (χ0v) is 6.39. The van der Waals surface area contributed by atoms with Crippen LogP contribution in [0.25, 0.3) is 0 Å². The number of carboxylic acid groups (broad SMARTS) is 1. The molecule has 0 radical (unpaired) electrons. The first-order chi connectivity index (χ1) is 5.25. The average molecular weight is 173 g/mol. The molecule has 0 aliphatic carbocycles. The van der Waals surface area contributed by atoms with Crippen molar-refractivity contribution < 1.29 is 15.1 Å². The summed E-state index contributed by atoms with van der Waals surface area (Å²) in [6.45, 7) is 0.172. The Morgan fingerprint density at radius 3 is 3.00 bits per heavy atom. The molecule has 1 aromatic rings. The van der Waals surface area contributed by atoms with Crippen molar-refractivity contribution in [3.05, 3.63) is 21.9 Å². The first-order valence-electron chi connectivity index (χ1n) is 2.92. The number of nitrogens with one attached hydrogen (secondary N) is 1. The molecule has 5 heteroatoms. The highest BCUT2D eigenvalue weighted by Gasteiger charge is 2.09. The maximum atomic E-state index is 10.5. The number of aromatic carboxylic acids is 1. The second-order valence-corrected chi connectivity index (χ2v) is 2.83. The molecule has 0 saturated carbocycles. The Balaban J connectivity index is 2.87. The van der Waals surface area contributed by atoms with E-state index in [1.807, 2.05) is 5.48 Å². The molecule has 60 valence electrons. The van der Waals surface area contributed by atoms with Gasteiger partial charge in [-0.3, -0.25) is 0 Å². The number of carboxylic acids is 1. The van der Waals surface area contributed by atoms with E-state index in [1.54, 1.807) is 11.4 Å². The molecule has 3 N–H and O–H groups in total. The lowest BCUT2D eigenvalue weighted by Gasteiger charge is -1.95. The molecule has 0 atom stereocenters. The highest BCUT2D eigenvalue weighted by molar-refractivity contribution is 7.12. The van der Waals surface area contributed by atoms with Gasteiger partial charge in [0.25, 0.3) is 0 Å². The fourth-order valence-corrected chi connectivity index (χ4v) is 1.51. The lowest BCUT2D eigenvalue weighted by Crippen LogP contribution is -2.08. The Bertz CT molecular complexity index is 258. The summed E-state index contributed by atoms with van der Waals surface area (Å²) in [6.07, 6.45) is 0. The van der Waals surface area contributed by atoms with Gasteiger partial charge in [0, 0.05) is 6.54 Å². The quantitative estimate of drug-likeness (QED) is 0.594. The van der Waals surface area contributed by atoms with Crippen LogP contribution in [0.1, 0.15) is 15.2 Å². The van der Waals surface area contributed by atoms with Crippen LogP contribution in [0.5, 0.6) is 0 Å². The van der Waals surface area contributed by atoms with Crippen molar-refractivity contribution in [1.29, 1.82) is 0 Å². The Morgan fingerprint density at radius 2 is 2.45 bits per heavy atom. The Labute approximate surface area is 67.1 Å². The maximum Gasteiger partial charge on any atom is 0.346 e. The van der Waals surface area contributed by atoms with Crippen molar-refractivity contribution in [3.8, 4) is 0 Å². The zero-order chi connectivity index (χ0) is 8.27. The van der Waals surface area contributed by atoms with Crippen LogP contribution >= 0.6 is 11.3 Å². The average Bonchev–Trinajstić information content (AvgIpc) is 2.36. The van der Waals surface area contributed by atoms with Gasteiger partial charge in [-0.15, -0.1) is 11.3 Å². The topological polar surface area (TPSA) is 69.6 Å². The third-order valence-corrected chi connectivity index (χ3v) is 2.16. The van der Waals surface area contributed by atoms with Gasteiger partial charge in [-0.25, -0.2) is 10.3 Å². The second-order valence-electron chi connectivity index (χ2n) is 1.92. The molecule has 4 nitrogen and oxygen atoms in total. The molecule has 0 aliphatic rings. The summed E-state index contributed by atoms with van der Waals surface area (Å²) < 4.78 is 0. The van der Waals surface area contributed by atoms with Crippen molar-refractivity contribution in [3.63, 3.8) is 0 Å². The van der Waals surface area contributed by atoms with Gasteiger partial charge in [-0.2, -0.15) is 0 Å². The molecule has 0 spiro atoms. The van der Waals surface area contributed by atoms with E-state index in [0.29, 0.717) is 5.56 Å². The van der Waals surface area contributed by atoms with Gasteiger partial charge in [0.15, 0.2) is 0 Å². The Hall–Kier alpha value is -0.910. The van der Waals surface area contributed by atoms with Crippen molar-refractivity contribution >= 4 is 17.3 Å². The number of hydrogen-bond donors (Lipinski definition) is 3. The number of hydroxylamine groups is 1. The largest absolute Gasteiger partial charge is 0.477 e. The first-order valence-corrected chi connectivity index (χ1v) is 3.80. The minimum Gasteiger partial charge on any atom is -0.477 e. The number of hydrogen-bond acceptors (Lipinski definition) is 4. The molecule has 0 aromatic carbocycles. The van der Waals surface area contributed by atoms with E-state index < -0.39 is 5.97 Å². The molecular formula is C6H7NO3S. The first kappa shape index (κ1) is 8.19. The molecule has 1 aromatic heterocycles. The summed E-state index contributed by atoms with van der Waals surface area (Å²) >= 11 is 1.15. The minimum atomic E-state index is -0.953. The van der Waals surface area contributed by atoms with Crippen LogP contribution in [0.2, 0.25) is 0 Å². The van der Waals surface area contributed by atoms with Crippen LogP contribution in [0, 0.1) is 0 Å². The standard InChI is InChI=1S/C6H7NO3S/c8-6(9)5-4(3-7-10)1-2-11-5/h1-2,7,10H,3H2,(H,8,9). The van der Waals surface area contributed by atoms with Gasteiger partial charge < -0.3 is 10.3 Å². The molecule has 0 amide bonds. The molecule has 1 heterocycles. The van der Waals surface area contributed by atoms with E-state index in [0.717, 1.165) is 11.3 Å². The fraction of sp³-hybridized carbons (Fsp3) is 0.167. The van der Waals surface area contributed by atoms with Gasteiger partial charge in [0.05, 0.1) is 0 Å². The predicted molar refractivity (Wildman–Crippen MR) is 39.9 cm³/mol. The van der Waals surface area contributed by atoms with E-state index >= 15 is 0 Å². The molecule has 11 heavy (non-hydrogen) atoms. The number of carbonyl (C=O) groups is 1. The zero-order valence-electron chi connectivity index (χ0n) is 5.57. The van der Waals surface area contributed by atoms with Crippen LogP contribution in [-0.2, 0) is 6.54 Å². The summed E-state index contributed by atoms with van der Waals surface area (Å²) in [5.41, 5.74) is 2.51. The van der Waals surface area contributed by atoms with Crippen molar-refractivity contribution in [2.24, 2.45) is 0 Å². The summed E-state index contributed by atoms with van der Waals surface area (Å²) in [6, 6.07) is 1.66. The third-order valence-electron chi connectivity index (χ3n) is 1.21. The van der Waals surface area contributed by atoms with E-state index in [-0.39, 0.29) is 11.4 Å². The van der Waals surface area contributed by atoms with Crippen molar-refractivity contribution in [2.75, 3.05) is 0 Å². The molecule has 0 aliphatic heterocycles. The summed E-state index contributed by atoms with van der Waals surface area (Å²) in [7, 11) is 0.